The Morgan fingerprint density at radius 2 is 2.50 bits per heavy atom. The molecular weight excluding hydrogens is 218 g/mol. The number of rotatable bonds is 2. The van der Waals surface area contributed by atoms with Gasteiger partial charge in [-0.05, 0) is 23.8 Å². The first-order chi connectivity index (χ1) is 7.81. The second-order valence-electron chi connectivity index (χ2n) is 4.53. The minimum Gasteiger partial charge on any atom is -0.250 e. The van der Waals surface area contributed by atoms with Crippen LogP contribution in [0.15, 0.2) is 17.5 Å². The maximum Gasteiger partial charge on any atom is 0.156 e. The summed E-state index contributed by atoms with van der Waals surface area (Å²) < 4.78 is 2.09. The molecule has 16 heavy (non-hydrogen) atoms. The zero-order chi connectivity index (χ0) is 11.0. The van der Waals surface area contributed by atoms with E-state index in [0.29, 0.717) is 0 Å². The highest BCUT2D eigenvalue weighted by atomic mass is 32.1. The lowest BCUT2D eigenvalue weighted by Crippen LogP contribution is -2.18. The summed E-state index contributed by atoms with van der Waals surface area (Å²) in [5.74, 6) is 2.89. The van der Waals surface area contributed by atoms with Gasteiger partial charge in [0.1, 0.15) is 5.82 Å². The lowest BCUT2D eigenvalue weighted by Gasteiger charge is -2.17. The summed E-state index contributed by atoms with van der Waals surface area (Å²) in [6.45, 7) is 3.32. The predicted octanol–water partition coefficient (Wildman–Crippen LogP) is 2.51. The van der Waals surface area contributed by atoms with E-state index in [1.165, 1.54) is 17.1 Å². The van der Waals surface area contributed by atoms with Crippen LogP contribution in [0, 0.1) is 5.92 Å². The van der Waals surface area contributed by atoms with Crippen LogP contribution in [-0.4, -0.2) is 14.8 Å². The molecule has 0 aromatic carbocycles. The predicted molar refractivity (Wildman–Crippen MR) is 64.6 cm³/mol. The molecule has 1 aliphatic heterocycles. The first-order valence-corrected chi connectivity index (χ1v) is 6.64. The fourth-order valence-corrected chi connectivity index (χ4v) is 2.86. The van der Waals surface area contributed by atoms with E-state index in [0.717, 1.165) is 31.1 Å². The largest absolute Gasteiger partial charge is 0.250 e. The lowest BCUT2D eigenvalue weighted by molar-refractivity contribution is 0.367. The third-order valence-corrected chi connectivity index (χ3v) is 3.93. The Balaban J connectivity index is 1.82. The second kappa shape index (κ2) is 4.01. The molecule has 3 rings (SSSR count). The number of aryl methyl sites for hydroxylation is 1. The number of hydrogen-bond donors (Lipinski definition) is 0. The van der Waals surface area contributed by atoms with Crippen molar-refractivity contribution in [3.63, 3.8) is 0 Å². The molecule has 0 saturated carbocycles. The Kier molecular flexibility index (Phi) is 2.52. The van der Waals surface area contributed by atoms with Gasteiger partial charge >= 0.3 is 0 Å². The van der Waals surface area contributed by atoms with Gasteiger partial charge in [-0.25, -0.2) is 9.67 Å². The van der Waals surface area contributed by atoms with Crippen molar-refractivity contribution in [1.29, 1.82) is 0 Å². The summed E-state index contributed by atoms with van der Waals surface area (Å²) in [7, 11) is 0. The Hall–Kier alpha value is -1.16. The number of aromatic nitrogens is 3. The van der Waals surface area contributed by atoms with E-state index >= 15 is 0 Å². The molecule has 3 nitrogen and oxygen atoms in total. The van der Waals surface area contributed by atoms with Crippen LogP contribution in [0.2, 0.25) is 0 Å². The fraction of sp³-hybridized carbons (Fsp3) is 0.500. The van der Waals surface area contributed by atoms with Crippen molar-refractivity contribution in [1.82, 2.24) is 14.8 Å². The first kappa shape index (κ1) is 10.0. The molecular formula is C12H15N3S. The molecule has 0 amide bonds. The monoisotopic (exact) mass is 233 g/mol. The zero-order valence-electron chi connectivity index (χ0n) is 9.39. The molecule has 0 bridgehead atoms. The van der Waals surface area contributed by atoms with Crippen LogP contribution in [0.5, 0.6) is 0 Å². The van der Waals surface area contributed by atoms with Gasteiger partial charge in [0.15, 0.2) is 5.82 Å². The number of nitrogens with zero attached hydrogens (tertiary/aromatic N) is 3. The molecule has 1 aliphatic rings. The Bertz CT molecular complexity index is 472. The van der Waals surface area contributed by atoms with E-state index in [4.69, 9.17) is 0 Å². The molecule has 0 fully saturated rings. The van der Waals surface area contributed by atoms with E-state index in [1.54, 1.807) is 11.3 Å². The van der Waals surface area contributed by atoms with Gasteiger partial charge in [-0.2, -0.15) is 5.10 Å². The zero-order valence-corrected chi connectivity index (χ0v) is 10.2. The SMILES string of the molecule is CC1CCc2nc(Cc3cccs3)nn2C1. The third-order valence-electron chi connectivity index (χ3n) is 3.05. The van der Waals surface area contributed by atoms with Crippen LogP contribution >= 0.6 is 11.3 Å². The molecule has 0 aliphatic carbocycles. The van der Waals surface area contributed by atoms with E-state index in [2.05, 4.69) is 39.2 Å². The van der Waals surface area contributed by atoms with E-state index in [1.807, 2.05) is 0 Å². The summed E-state index contributed by atoms with van der Waals surface area (Å²) in [5.41, 5.74) is 0. The number of thiophene rings is 1. The topological polar surface area (TPSA) is 30.7 Å². The van der Waals surface area contributed by atoms with Crippen molar-refractivity contribution in [2.24, 2.45) is 5.92 Å². The van der Waals surface area contributed by atoms with Gasteiger partial charge in [0, 0.05) is 24.3 Å². The van der Waals surface area contributed by atoms with Gasteiger partial charge in [-0.3, -0.25) is 0 Å². The average molecular weight is 233 g/mol. The van der Waals surface area contributed by atoms with Crippen LogP contribution in [-0.2, 0) is 19.4 Å². The van der Waals surface area contributed by atoms with Crippen molar-refractivity contribution in [3.05, 3.63) is 34.0 Å². The molecule has 2 aromatic heterocycles. The molecule has 0 saturated heterocycles. The van der Waals surface area contributed by atoms with Crippen molar-refractivity contribution >= 4 is 11.3 Å². The van der Waals surface area contributed by atoms with Crippen molar-refractivity contribution in [3.8, 4) is 0 Å². The number of hydrogen-bond acceptors (Lipinski definition) is 3. The van der Waals surface area contributed by atoms with Crippen molar-refractivity contribution in [2.75, 3.05) is 0 Å². The summed E-state index contributed by atoms with van der Waals surface area (Å²) >= 11 is 1.77. The smallest absolute Gasteiger partial charge is 0.156 e. The molecule has 84 valence electrons. The molecule has 3 heterocycles. The Morgan fingerprint density at radius 3 is 3.31 bits per heavy atom. The van der Waals surface area contributed by atoms with Gasteiger partial charge < -0.3 is 0 Å². The van der Waals surface area contributed by atoms with Crippen LogP contribution in [0.3, 0.4) is 0 Å². The minimum atomic E-state index is 0.740. The highest BCUT2D eigenvalue weighted by Crippen LogP contribution is 2.19. The number of fused-ring (bicyclic) bond motifs is 1. The van der Waals surface area contributed by atoms with E-state index in [-0.39, 0.29) is 0 Å². The Labute approximate surface area is 99.1 Å². The quantitative estimate of drug-likeness (QED) is 0.798. The summed E-state index contributed by atoms with van der Waals surface area (Å²) in [4.78, 5) is 5.96. The fourth-order valence-electron chi connectivity index (χ4n) is 2.16. The van der Waals surface area contributed by atoms with Crippen molar-refractivity contribution in [2.45, 2.75) is 32.7 Å². The molecule has 4 heteroatoms. The first-order valence-electron chi connectivity index (χ1n) is 5.76. The maximum atomic E-state index is 4.62. The van der Waals surface area contributed by atoms with Gasteiger partial charge in [-0.1, -0.05) is 13.0 Å². The molecule has 1 unspecified atom stereocenters. The molecule has 2 aromatic rings. The van der Waals surface area contributed by atoms with E-state index in [9.17, 15) is 0 Å². The van der Waals surface area contributed by atoms with Gasteiger partial charge in [0.05, 0.1) is 0 Å². The standard InChI is InChI=1S/C12H15N3S/c1-9-4-5-12-13-11(14-15(12)8-9)7-10-3-2-6-16-10/h2-3,6,9H,4-5,7-8H2,1H3. The lowest BCUT2D eigenvalue weighted by atomic mass is 10.0. The molecule has 1 atom stereocenters. The average Bonchev–Trinajstić information content (AvgIpc) is 2.86. The molecule has 0 spiro atoms. The van der Waals surface area contributed by atoms with E-state index < -0.39 is 0 Å². The highest BCUT2D eigenvalue weighted by Gasteiger charge is 2.18. The summed E-state index contributed by atoms with van der Waals surface area (Å²) in [6, 6.07) is 4.23. The highest BCUT2D eigenvalue weighted by molar-refractivity contribution is 7.09. The Morgan fingerprint density at radius 1 is 1.56 bits per heavy atom. The van der Waals surface area contributed by atoms with Gasteiger partial charge in [0.2, 0.25) is 0 Å². The van der Waals surface area contributed by atoms with Crippen LogP contribution in [0.25, 0.3) is 0 Å². The molecule has 0 N–H and O–H groups in total. The molecule has 0 radical (unpaired) electrons. The maximum absolute atomic E-state index is 4.62. The van der Waals surface area contributed by atoms with Crippen LogP contribution in [0.1, 0.15) is 29.9 Å². The van der Waals surface area contributed by atoms with Crippen molar-refractivity contribution < 1.29 is 0 Å². The summed E-state index contributed by atoms with van der Waals surface area (Å²) in [5, 5.41) is 6.69. The summed E-state index contributed by atoms with van der Waals surface area (Å²) in [6.07, 6.45) is 3.21. The second-order valence-corrected chi connectivity index (χ2v) is 5.56. The van der Waals surface area contributed by atoms with Crippen LogP contribution < -0.4 is 0 Å². The normalized spacial score (nSPS) is 19.7. The van der Waals surface area contributed by atoms with Gasteiger partial charge in [-0.15, -0.1) is 11.3 Å². The van der Waals surface area contributed by atoms with Crippen LogP contribution in [0.4, 0.5) is 0 Å². The van der Waals surface area contributed by atoms with Gasteiger partial charge in [0.25, 0.3) is 0 Å². The minimum absolute atomic E-state index is 0.740. The third kappa shape index (κ3) is 1.89.